The molecule has 0 radical (unpaired) electrons. The summed E-state index contributed by atoms with van der Waals surface area (Å²) in [5.74, 6) is -0.497. The number of para-hydroxylation sites is 1. The van der Waals surface area contributed by atoms with Crippen molar-refractivity contribution in [1.29, 1.82) is 0 Å². The van der Waals surface area contributed by atoms with Gasteiger partial charge < -0.3 is 5.32 Å². The lowest BCUT2D eigenvalue weighted by Crippen LogP contribution is -2.20. The molecule has 0 heterocycles. The molecule has 124 valence electrons. The Kier molecular flexibility index (Phi) is 7.04. The van der Waals surface area contributed by atoms with E-state index in [2.05, 4.69) is 15.8 Å². The molecule has 2 N–H and O–H groups in total. The van der Waals surface area contributed by atoms with Crippen molar-refractivity contribution in [2.45, 2.75) is 17.7 Å². The number of nitrogens with one attached hydrogen (secondary N) is 2. The number of rotatable bonds is 7. The van der Waals surface area contributed by atoms with Crippen LogP contribution in [-0.4, -0.2) is 24.3 Å². The Hall–Kier alpha value is -2.60. The largest absolute Gasteiger partial charge is 0.326 e. The first-order chi connectivity index (χ1) is 11.7. The quantitative estimate of drug-likeness (QED) is 0.461. The van der Waals surface area contributed by atoms with Gasteiger partial charge in [0.15, 0.2) is 0 Å². The van der Waals surface area contributed by atoms with Crippen molar-refractivity contribution in [2.24, 2.45) is 5.10 Å². The lowest BCUT2D eigenvalue weighted by atomic mass is 10.2. The first-order valence-electron chi connectivity index (χ1n) is 7.48. The molecule has 0 unspecified atom stereocenters. The van der Waals surface area contributed by atoms with Gasteiger partial charge in [0.2, 0.25) is 11.8 Å². The normalized spacial score (nSPS) is 10.5. The Morgan fingerprint density at radius 1 is 1.00 bits per heavy atom. The third kappa shape index (κ3) is 6.26. The fraction of sp³-hybridized carbons (Fsp3) is 0.167. The summed E-state index contributed by atoms with van der Waals surface area (Å²) in [6.07, 6.45) is 3.78. The second-order valence-electron chi connectivity index (χ2n) is 4.98. The molecule has 5 nitrogen and oxygen atoms in total. The standard InChI is InChI=1S/C18H19N3O2S/c1-24-16-9-7-14(8-10-16)13-19-21-18(23)12-11-17(22)20-15-5-3-2-4-6-15/h2-10,13H,11-12H2,1H3,(H,20,22)(H,21,23)/b19-13-. The molecular formula is C18H19N3O2S. The molecule has 2 amide bonds. The number of hydrazone groups is 1. The number of anilines is 1. The fourth-order valence-electron chi connectivity index (χ4n) is 1.90. The van der Waals surface area contributed by atoms with Crippen LogP contribution in [0.5, 0.6) is 0 Å². The van der Waals surface area contributed by atoms with Gasteiger partial charge >= 0.3 is 0 Å². The molecule has 0 spiro atoms. The van der Waals surface area contributed by atoms with Crippen LogP contribution in [0.2, 0.25) is 0 Å². The van der Waals surface area contributed by atoms with Crippen molar-refractivity contribution in [3.63, 3.8) is 0 Å². The number of hydrogen-bond acceptors (Lipinski definition) is 4. The van der Waals surface area contributed by atoms with Crippen LogP contribution in [0.15, 0.2) is 64.6 Å². The monoisotopic (exact) mass is 341 g/mol. The van der Waals surface area contributed by atoms with Crippen molar-refractivity contribution in [1.82, 2.24) is 5.43 Å². The molecule has 0 saturated carbocycles. The minimum absolute atomic E-state index is 0.0847. The van der Waals surface area contributed by atoms with E-state index in [1.165, 1.54) is 4.90 Å². The molecule has 0 aromatic heterocycles. The summed E-state index contributed by atoms with van der Waals surface area (Å²) >= 11 is 1.66. The van der Waals surface area contributed by atoms with Crippen molar-refractivity contribution >= 4 is 35.5 Å². The van der Waals surface area contributed by atoms with Crippen LogP contribution < -0.4 is 10.7 Å². The highest BCUT2D eigenvalue weighted by Crippen LogP contribution is 2.13. The van der Waals surface area contributed by atoms with Crippen LogP contribution >= 0.6 is 11.8 Å². The maximum atomic E-state index is 11.7. The Morgan fingerprint density at radius 3 is 2.33 bits per heavy atom. The van der Waals surface area contributed by atoms with Crippen molar-refractivity contribution < 1.29 is 9.59 Å². The van der Waals surface area contributed by atoms with E-state index < -0.39 is 0 Å². The molecule has 0 aliphatic rings. The average molecular weight is 341 g/mol. The number of thioether (sulfide) groups is 1. The van der Waals surface area contributed by atoms with Gasteiger partial charge in [-0.15, -0.1) is 11.8 Å². The van der Waals surface area contributed by atoms with Gasteiger partial charge in [-0.05, 0) is 36.1 Å². The van der Waals surface area contributed by atoms with Gasteiger partial charge in [-0.3, -0.25) is 9.59 Å². The highest BCUT2D eigenvalue weighted by atomic mass is 32.2. The molecule has 0 aliphatic carbocycles. The number of carbonyl (C=O) groups excluding carboxylic acids is 2. The van der Waals surface area contributed by atoms with E-state index in [-0.39, 0.29) is 24.7 Å². The third-order valence-corrected chi connectivity index (χ3v) is 3.90. The molecule has 2 aromatic carbocycles. The molecule has 0 saturated heterocycles. The van der Waals surface area contributed by atoms with Crippen LogP contribution in [0.4, 0.5) is 5.69 Å². The van der Waals surface area contributed by atoms with Crippen molar-refractivity contribution in [3.8, 4) is 0 Å². The van der Waals surface area contributed by atoms with Gasteiger partial charge in [0.25, 0.3) is 0 Å². The predicted molar refractivity (Wildman–Crippen MR) is 98.3 cm³/mol. The summed E-state index contributed by atoms with van der Waals surface area (Å²) in [4.78, 5) is 24.6. The summed E-state index contributed by atoms with van der Waals surface area (Å²) in [5, 5.41) is 6.63. The number of hydrogen-bond donors (Lipinski definition) is 2. The lowest BCUT2D eigenvalue weighted by Gasteiger charge is -2.04. The molecule has 2 aromatic rings. The SMILES string of the molecule is CSc1ccc(/C=N\NC(=O)CCC(=O)Nc2ccccc2)cc1. The van der Waals surface area contributed by atoms with Crippen molar-refractivity contribution in [2.75, 3.05) is 11.6 Å². The van der Waals surface area contributed by atoms with E-state index >= 15 is 0 Å². The van der Waals surface area contributed by atoms with Gasteiger partial charge in [-0.1, -0.05) is 30.3 Å². The maximum absolute atomic E-state index is 11.7. The molecular weight excluding hydrogens is 322 g/mol. The van der Waals surface area contributed by atoms with Gasteiger partial charge in [0.1, 0.15) is 0 Å². The molecule has 0 bridgehead atoms. The molecule has 6 heteroatoms. The van der Waals surface area contributed by atoms with Crippen molar-refractivity contribution in [3.05, 3.63) is 60.2 Å². The van der Waals surface area contributed by atoms with E-state index in [0.29, 0.717) is 0 Å². The highest BCUT2D eigenvalue weighted by molar-refractivity contribution is 7.98. The molecule has 2 rings (SSSR count). The zero-order chi connectivity index (χ0) is 17.2. The fourth-order valence-corrected chi connectivity index (χ4v) is 2.30. The van der Waals surface area contributed by atoms with Gasteiger partial charge in [0.05, 0.1) is 6.21 Å². The first kappa shape index (κ1) is 17.7. The zero-order valence-electron chi connectivity index (χ0n) is 13.4. The Bertz CT molecular complexity index is 700. The van der Waals surface area contributed by atoms with Crippen LogP contribution in [0.25, 0.3) is 0 Å². The van der Waals surface area contributed by atoms with Crippen LogP contribution in [0, 0.1) is 0 Å². The number of nitrogens with zero attached hydrogens (tertiary/aromatic N) is 1. The molecule has 0 atom stereocenters. The minimum Gasteiger partial charge on any atom is -0.326 e. The summed E-state index contributed by atoms with van der Waals surface area (Å²) in [6, 6.07) is 17.0. The molecule has 24 heavy (non-hydrogen) atoms. The number of carbonyl (C=O) groups is 2. The van der Waals surface area contributed by atoms with Crippen LogP contribution in [-0.2, 0) is 9.59 Å². The number of benzene rings is 2. The summed E-state index contributed by atoms with van der Waals surface area (Å²) < 4.78 is 0. The maximum Gasteiger partial charge on any atom is 0.240 e. The van der Waals surface area contributed by atoms with Crippen LogP contribution in [0.3, 0.4) is 0 Å². The second kappa shape index (κ2) is 9.52. The average Bonchev–Trinajstić information content (AvgIpc) is 2.61. The summed E-state index contributed by atoms with van der Waals surface area (Å²) in [6.45, 7) is 0. The second-order valence-corrected chi connectivity index (χ2v) is 5.86. The Balaban J connectivity index is 1.70. The van der Waals surface area contributed by atoms with Crippen LogP contribution in [0.1, 0.15) is 18.4 Å². The highest BCUT2D eigenvalue weighted by Gasteiger charge is 2.06. The smallest absolute Gasteiger partial charge is 0.240 e. The molecule has 0 aliphatic heterocycles. The van der Waals surface area contributed by atoms with E-state index in [0.717, 1.165) is 11.3 Å². The van der Waals surface area contributed by atoms with Gasteiger partial charge in [0, 0.05) is 23.4 Å². The lowest BCUT2D eigenvalue weighted by molar-refractivity contribution is -0.124. The van der Waals surface area contributed by atoms with E-state index in [9.17, 15) is 9.59 Å². The predicted octanol–water partition coefficient (Wildman–Crippen LogP) is 3.28. The minimum atomic E-state index is -0.296. The first-order valence-corrected chi connectivity index (χ1v) is 8.71. The molecule has 0 fully saturated rings. The van der Waals surface area contributed by atoms with Gasteiger partial charge in [-0.2, -0.15) is 5.10 Å². The van der Waals surface area contributed by atoms with Gasteiger partial charge in [-0.25, -0.2) is 5.43 Å². The summed E-state index contributed by atoms with van der Waals surface area (Å²) in [7, 11) is 0. The van der Waals surface area contributed by atoms with E-state index in [4.69, 9.17) is 0 Å². The summed E-state index contributed by atoms with van der Waals surface area (Å²) in [5.41, 5.74) is 4.04. The van der Waals surface area contributed by atoms with E-state index in [1.807, 2.05) is 48.7 Å². The number of amides is 2. The Labute approximate surface area is 145 Å². The zero-order valence-corrected chi connectivity index (χ0v) is 14.2. The van der Waals surface area contributed by atoms with E-state index in [1.54, 1.807) is 30.1 Å². The Morgan fingerprint density at radius 2 is 1.67 bits per heavy atom. The third-order valence-electron chi connectivity index (χ3n) is 3.16. The topological polar surface area (TPSA) is 70.6 Å².